The molecule has 5 nitrogen and oxygen atoms in total. The number of benzene rings is 1. The number of hydrogen-bond acceptors (Lipinski definition) is 4. The van der Waals surface area contributed by atoms with Crippen molar-refractivity contribution in [2.24, 2.45) is 0 Å². The number of anilines is 1. The molecule has 1 N–H and O–H groups in total. The molecule has 100 valence electrons. The van der Waals surface area contributed by atoms with E-state index in [-0.39, 0.29) is 16.6 Å². The Balaban J connectivity index is 2.79. The normalized spacial score (nSPS) is 10.7. The fraction of sp³-hybridized carbons (Fsp3) is 0.308. The summed E-state index contributed by atoms with van der Waals surface area (Å²) in [5, 5.41) is 14.3. The predicted molar refractivity (Wildman–Crippen MR) is 71.9 cm³/mol. The largest absolute Gasteiger partial charge is 0.370 e. The molecule has 0 aliphatic rings. The van der Waals surface area contributed by atoms with Crippen molar-refractivity contribution in [3.63, 3.8) is 0 Å². The average Bonchev–Trinajstić information content (AvgIpc) is 2.39. The monoisotopic (exact) mass is 263 g/mol. The Bertz CT molecular complexity index is 643. The number of aromatic nitrogens is 1. The topological polar surface area (TPSA) is 68.1 Å². The lowest BCUT2D eigenvalue weighted by molar-refractivity contribution is -0.383. The third kappa shape index (κ3) is 2.33. The highest BCUT2D eigenvalue weighted by molar-refractivity contribution is 5.90. The van der Waals surface area contributed by atoms with Gasteiger partial charge in [-0.25, -0.2) is 9.37 Å². The van der Waals surface area contributed by atoms with Gasteiger partial charge in [-0.05, 0) is 31.0 Å². The molecular formula is C13H14FN3O2. The minimum Gasteiger partial charge on any atom is -0.370 e. The van der Waals surface area contributed by atoms with E-state index < -0.39 is 10.7 Å². The number of pyridine rings is 1. The zero-order chi connectivity index (χ0) is 14.0. The number of nitrogens with zero attached hydrogens (tertiary/aromatic N) is 2. The quantitative estimate of drug-likeness (QED) is 0.679. The molecule has 1 aromatic heterocycles. The van der Waals surface area contributed by atoms with Gasteiger partial charge in [-0.2, -0.15) is 0 Å². The Labute approximate surface area is 109 Å². The van der Waals surface area contributed by atoms with Crippen molar-refractivity contribution >= 4 is 22.4 Å². The first kappa shape index (κ1) is 13.2. The van der Waals surface area contributed by atoms with Gasteiger partial charge in [-0.15, -0.1) is 0 Å². The van der Waals surface area contributed by atoms with E-state index in [0.717, 1.165) is 11.6 Å². The maximum atomic E-state index is 13.8. The third-order valence-corrected chi connectivity index (χ3v) is 2.91. The molecule has 0 amide bonds. The summed E-state index contributed by atoms with van der Waals surface area (Å²) < 4.78 is 13.8. The molecular weight excluding hydrogens is 249 g/mol. The summed E-state index contributed by atoms with van der Waals surface area (Å²) in [5.74, 6) is 0.0271. The van der Waals surface area contributed by atoms with Crippen LogP contribution in [0.1, 0.15) is 19.4 Å². The van der Waals surface area contributed by atoms with Crippen LogP contribution in [-0.4, -0.2) is 16.5 Å². The van der Waals surface area contributed by atoms with Gasteiger partial charge in [0.15, 0.2) is 0 Å². The van der Waals surface area contributed by atoms with Gasteiger partial charge in [0.05, 0.1) is 10.3 Å². The first-order valence-electron chi connectivity index (χ1n) is 6.08. The van der Waals surface area contributed by atoms with Gasteiger partial charge in [0.1, 0.15) is 17.2 Å². The molecule has 1 aromatic carbocycles. The summed E-state index contributed by atoms with van der Waals surface area (Å²) in [5.41, 5.74) is 0.743. The van der Waals surface area contributed by atoms with Gasteiger partial charge >= 0.3 is 0 Å². The number of nitro benzene ring substituents is 1. The van der Waals surface area contributed by atoms with Crippen molar-refractivity contribution in [2.75, 3.05) is 11.9 Å². The van der Waals surface area contributed by atoms with E-state index >= 15 is 0 Å². The van der Waals surface area contributed by atoms with Crippen molar-refractivity contribution in [2.45, 2.75) is 20.3 Å². The van der Waals surface area contributed by atoms with Crippen LogP contribution in [0.2, 0.25) is 0 Å². The number of fused-ring (bicyclic) bond motifs is 1. The first-order valence-corrected chi connectivity index (χ1v) is 6.08. The van der Waals surface area contributed by atoms with E-state index in [1.54, 1.807) is 6.07 Å². The van der Waals surface area contributed by atoms with Crippen LogP contribution in [0.4, 0.5) is 15.9 Å². The molecule has 0 spiro atoms. The summed E-state index contributed by atoms with van der Waals surface area (Å²) in [6.45, 7) is 4.49. The highest BCUT2D eigenvalue weighted by Gasteiger charge is 2.18. The molecule has 0 bridgehead atoms. The lowest BCUT2D eigenvalue weighted by atomic mass is 10.1. The lowest BCUT2D eigenvalue weighted by Gasteiger charge is -2.10. The highest BCUT2D eigenvalue weighted by atomic mass is 19.1. The Morgan fingerprint density at radius 1 is 1.42 bits per heavy atom. The fourth-order valence-corrected chi connectivity index (χ4v) is 2.00. The average molecular weight is 263 g/mol. The fourth-order valence-electron chi connectivity index (χ4n) is 2.00. The maximum absolute atomic E-state index is 13.8. The standard InChI is InChI=1S/C13H14FN3O2/c1-3-8-7-9-11(17(18)19)6-5-10(14)12(9)16-13(8)15-4-2/h5-7H,3-4H2,1-2H3,(H,15,16). The summed E-state index contributed by atoms with van der Waals surface area (Å²) >= 11 is 0. The van der Waals surface area contributed by atoms with Crippen LogP contribution in [0.15, 0.2) is 18.2 Å². The van der Waals surface area contributed by atoms with Crippen LogP contribution in [0.3, 0.4) is 0 Å². The smallest absolute Gasteiger partial charge is 0.278 e. The second-order valence-electron chi connectivity index (χ2n) is 4.10. The predicted octanol–water partition coefficient (Wildman–Crippen LogP) is 3.28. The van der Waals surface area contributed by atoms with Crippen LogP contribution < -0.4 is 5.32 Å². The molecule has 19 heavy (non-hydrogen) atoms. The van der Waals surface area contributed by atoms with Crippen molar-refractivity contribution < 1.29 is 9.31 Å². The SMILES string of the molecule is CCNc1nc2c(F)ccc([N+](=O)[O-])c2cc1CC. The van der Waals surface area contributed by atoms with Crippen LogP contribution in [-0.2, 0) is 6.42 Å². The second kappa shape index (κ2) is 5.17. The van der Waals surface area contributed by atoms with Gasteiger partial charge in [0, 0.05) is 12.6 Å². The van der Waals surface area contributed by atoms with Crippen molar-refractivity contribution in [1.82, 2.24) is 4.98 Å². The number of hydrogen-bond donors (Lipinski definition) is 1. The number of aryl methyl sites for hydroxylation is 1. The van der Waals surface area contributed by atoms with Gasteiger partial charge in [-0.3, -0.25) is 10.1 Å². The highest BCUT2D eigenvalue weighted by Crippen LogP contribution is 2.30. The molecule has 1 heterocycles. The van der Waals surface area contributed by atoms with Crippen molar-refractivity contribution in [3.8, 4) is 0 Å². The van der Waals surface area contributed by atoms with Crippen LogP contribution in [0.5, 0.6) is 0 Å². The van der Waals surface area contributed by atoms with Gasteiger partial charge in [-0.1, -0.05) is 6.92 Å². The summed E-state index contributed by atoms with van der Waals surface area (Å²) in [6.07, 6.45) is 0.666. The summed E-state index contributed by atoms with van der Waals surface area (Å²) in [4.78, 5) is 14.6. The Morgan fingerprint density at radius 3 is 2.74 bits per heavy atom. The van der Waals surface area contributed by atoms with E-state index in [4.69, 9.17) is 0 Å². The van der Waals surface area contributed by atoms with Crippen LogP contribution in [0.25, 0.3) is 10.9 Å². The third-order valence-electron chi connectivity index (χ3n) is 2.91. The van der Waals surface area contributed by atoms with E-state index in [0.29, 0.717) is 18.8 Å². The molecule has 0 radical (unpaired) electrons. The molecule has 0 saturated carbocycles. The summed E-state index contributed by atoms with van der Waals surface area (Å²) in [6, 6.07) is 3.89. The van der Waals surface area contributed by atoms with Crippen LogP contribution >= 0.6 is 0 Å². The Kier molecular flexibility index (Phi) is 3.59. The number of rotatable bonds is 4. The molecule has 0 atom stereocenters. The molecule has 0 aliphatic carbocycles. The number of nitro groups is 1. The van der Waals surface area contributed by atoms with Crippen molar-refractivity contribution in [3.05, 3.63) is 39.7 Å². The zero-order valence-electron chi connectivity index (χ0n) is 10.7. The van der Waals surface area contributed by atoms with E-state index in [1.165, 1.54) is 6.07 Å². The maximum Gasteiger partial charge on any atom is 0.278 e. The number of nitrogens with one attached hydrogen (secondary N) is 1. The molecule has 0 fully saturated rings. The zero-order valence-corrected chi connectivity index (χ0v) is 10.7. The molecule has 0 saturated heterocycles. The molecule has 2 aromatic rings. The molecule has 2 rings (SSSR count). The Morgan fingerprint density at radius 2 is 2.16 bits per heavy atom. The number of non-ortho nitro benzene ring substituents is 1. The van der Waals surface area contributed by atoms with Crippen LogP contribution in [0, 0.1) is 15.9 Å². The molecule has 6 heteroatoms. The first-order chi connectivity index (χ1) is 9.08. The minimum atomic E-state index is -0.553. The lowest BCUT2D eigenvalue weighted by Crippen LogP contribution is -2.04. The van der Waals surface area contributed by atoms with E-state index in [1.807, 2.05) is 13.8 Å². The van der Waals surface area contributed by atoms with Gasteiger partial charge in [0.2, 0.25) is 0 Å². The minimum absolute atomic E-state index is 0.0300. The molecule has 0 aliphatic heterocycles. The Hall–Kier alpha value is -2.24. The van der Waals surface area contributed by atoms with Gasteiger partial charge < -0.3 is 5.32 Å². The van der Waals surface area contributed by atoms with Crippen molar-refractivity contribution in [1.29, 1.82) is 0 Å². The van der Waals surface area contributed by atoms with E-state index in [2.05, 4.69) is 10.3 Å². The molecule has 0 unspecified atom stereocenters. The van der Waals surface area contributed by atoms with Gasteiger partial charge in [0.25, 0.3) is 5.69 Å². The summed E-state index contributed by atoms with van der Waals surface area (Å²) in [7, 11) is 0. The van der Waals surface area contributed by atoms with E-state index in [9.17, 15) is 14.5 Å². The second-order valence-corrected chi connectivity index (χ2v) is 4.10. The number of halogens is 1.